The fourth-order valence-corrected chi connectivity index (χ4v) is 3.43. The second kappa shape index (κ2) is 5.31. The number of hydrogen-bond donors (Lipinski definition) is 1. The third-order valence-electron chi connectivity index (χ3n) is 4.40. The topological polar surface area (TPSA) is 15.3 Å². The smallest absolute Gasteiger partial charge is 0.0399 e. The fraction of sp³-hybridized carbons (Fsp3) is 0.625. The van der Waals surface area contributed by atoms with E-state index in [0.29, 0.717) is 6.04 Å². The van der Waals surface area contributed by atoms with Gasteiger partial charge in [0.1, 0.15) is 0 Å². The van der Waals surface area contributed by atoms with E-state index in [2.05, 4.69) is 41.4 Å². The van der Waals surface area contributed by atoms with Crippen molar-refractivity contribution in [3.8, 4) is 0 Å². The van der Waals surface area contributed by atoms with Crippen LogP contribution in [0.5, 0.6) is 0 Å². The highest BCUT2D eigenvalue weighted by Gasteiger charge is 2.23. The number of nitrogens with zero attached hydrogens (tertiary/aromatic N) is 1. The lowest BCUT2D eigenvalue weighted by atomic mass is 9.93. The Kier molecular flexibility index (Phi) is 3.55. The highest BCUT2D eigenvalue weighted by molar-refractivity contribution is 5.55. The summed E-state index contributed by atoms with van der Waals surface area (Å²) in [4.78, 5) is 2.59. The Morgan fingerprint density at radius 1 is 1.33 bits per heavy atom. The van der Waals surface area contributed by atoms with E-state index >= 15 is 0 Å². The number of piperidine rings is 1. The summed E-state index contributed by atoms with van der Waals surface area (Å²) in [5.74, 6) is 0.885. The molecular weight excluding hydrogens is 220 g/mol. The quantitative estimate of drug-likeness (QED) is 0.860. The summed E-state index contributed by atoms with van der Waals surface area (Å²) in [6, 6.07) is 9.61. The maximum Gasteiger partial charge on any atom is 0.0399 e. The zero-order valence-corrected chi connectivity index (χ0v) is 11.4. The Morgan fingerprint density at radius 2 is 2.22 bits per heavy atom. The molecule has 2 heteroatoms. The summed E-state index contributed by atoms with van der Waals surface area (Å²) >= 11 is 0. The van der Waals surface area contributed by atoms with Gasteiger partial charge < -0.3 is 10.2 Å². The number of benzene rings is 1. The van der Waals surface area contributed by atoms with Gasteiger partial charge >= 0.3 is 0 Å². The molecule has 0 saturated carbocycles. The van der Waals surface area contributed by atoms with Gasteiger partial charge in [-0.05, 0) is 49.8 Å². The van der Waals surface area contributed by atoms with Crippen molar-refractivity contribution in [2.24, 2.45) is 5.92 Å². The number of nitrogens with one attached hydrogen (secondary N) is 1. The van der Waals surface area contributed by atoms with Crippen LogP contribution in [0.2, 0.25) is 0 Å². The molecular formula is C16H24N2. The second-order valence-electron chi connectivity index (χ2n) is 5.96. The Hall–Kier alpha value is -1.02. The Balaban J connectivity index is 1.70. The van der Waals surface area contributed by atoms with Crippen LogP contribution in [0.15, 0.2) is 24.3 Å². The van der Waals surface area contributed by atoms with Crippen LogP contribution in [-0.4, -0.2) is 25.7 Å². The highest BCUT2D eigenvalue weighted by atomic mass is 15.2. The Bertz CT molecular complexity index is 402. The first-order valence-corrected chi connectivity index (χ1v) is 7.39. The van der Waals surface area contributed by atoms with Gasteiger partial charge in [0.25, 0.3) is 0 Å². The van der Waals surface area contributed by atoms with Crippen molar-refractivity contribution in [2.45, 2.75) is 38.6 Å². The van der Waals surface area contributed by atoms with Gasteiger partial charge in [0.05, 0.1) is 0 Å². The average Bonchev–Trinajstić information content (AvgIpc) is 2.39. The molecule has 1 fully saturated rings. The molecule has 2 nitrogen and oxygen atoms in total. The number of anilines is 1. The molecule has 1 N–H and O–H groups in total. The summed E-state index contributed by atoms with van der Waals surface area (Å²) < 4.78 is 0. The van der Waals surface area contributed by atoms with Crippen LogP contribution in [0.4, 0.5) is 5.69 Å². The minimum atomic E-state index is 0.680. The molecule has 0 spiro atoms. The number of aryl methyl sites for hydroxylation is 1. The molecule has 2 aliphatic rings. The SMILES string of the molecule is CC1CCNC(CN2CCCc3ccccc32)C1. The molecule has 0 aromatic heterocycles. The molecule has 1 saturated heterocycles. The van der Waals surface area contributed by atoms with Gasteiger partial charge in [-0.2, -0.15) is 0 Å². The molecule has 2 aliphatic heterocycles. The number of fused-ring (bicyclic) bond motifs is 1. The molecule has 98 valence electrons. The van der Waals surface area contributed by atoms with Crippen molar-refractivity contribution in [3.63, 3.8) is 0 Å². The molecule has 2 unspecified atom stereocenters. The molecule has 2 atom stereocenters. The lowest BCUT2D eigenvalue weighted by Crippen LogP contribution is -2.46. The molecule has 2 heterocycles. The van der Waals surface area contributed by atoms with Crippen molar-refractivity contribution in [3.05, 3.63) is 29.8 Å². The largest absolute Gasteiger partial charge is 0.370 e. The van der Waals surface area contributed by atoms with Crippen LogP contribution in [0.25, 0.3) is 0 Å². The van der Waals surface area contributed by atoms with Crippen molar-refractivity contribution >= 4 is 5.69 Å². The predicted molar refractivity (Wildman–Crippen MR) is 77.2 cm³/mol. The van der Waals surface area contributed by atoms with Crippen LogP contribution >= 0.6 is 0 Å². The van der Waals surface area contributed by atoms with Gasteiger partial charge in [-0.1, -0.05) is 25.1 Å². The summed E-state index contributed by atoms with van der Waals surface area (Å²) in [6.45, 7) is 5.99. The van der Waals surface area contributed by atoms with Crippen LogP contribution in [0.1, 0.15) is 31.7 Å². The van der Waals surface area contributed by atoms with Gasteiger partial charge in [0, 0.05) is 24.8 Å². The van der Waals surface area contributed by atoms with Crippen LogP contribution < -0.4 is 10.2 Å². The zero-order chi connectivity index (χ0) is 12.4. The van der Waals surface area contributed by atoms with Crippen LogP contribution in [0.3, 0.4) is 0 Å². The summed E-state index contributed by atoms with van der Waals surface area (Å²) in [5.41, 5.74) is 3.01. The summed E-state index contributed by atoms with van der Waals surface area (Å²) in [7, 11) is 0. The zero-order valence-electron chi connectivity index (χ0n) is 11.4. The maximum absolute atomic E-state index is 3.69. The van der Waals surface area contributed by atoms with Gasteiger partial charge in [-0.25, -0.2) is 0 Å². The third kappa shape index (κ3) is 2.54. The van der Waals surface area contributed by atoms with Crippen molar-refractivity contribution in [1.82, 2.24) is 5.32 Å². The number of para-hydroxylation sites is 1. The summed E-state index contributed by atoms with van der Waals surface area (Å²) in [6.07, 6.45) is 5.23. The Labute approximate surface area is 110 Å². The Morgan fingerprint density at radius 3 is 3.11 bits per heavy atom. The van der Waals surface area contributed by atoms with Gasteiger partial charge in [0.2, 0.25) is 0 Å². The molecule has 1 aromatic rings. The first kappa shape index (κ1) is 12.0. The minimum absolute atomic E-state index is 0.680. The van der Waals surface area contributed by atoms with E-state index in [1.165, 1.54) is 56.6 Å². The molecule has 0 amide bonds. The lowest BCUT2D eigenvalue weighted by molar-refractivity contribution is 0.319. The fourth-order valence-electron chi connectivity index (χ4n) is 3.43. The average molecular weight is 244 g/mol. The highest BCUT2D eigenvalue weighted by Crippen LogP contribution is 2.27. The molecule has 1 aromatic carbocycles. The van der Waals surface area contributed by atoms with E-state index in [9.17, 15) is 0 Å². The normalized spacial score (nSPS) is 27.9. The maximum atomic E-state index is 3.69. The first-order valence-electron chi connectivity index (χ1n) is 7.39. The van der Waals surface area contributed by atoms with E-state index in [4.69, 9.17) is 0 Å². The van der Waals surface area contributed by atoms with Crippen molar-refractivity contribution in [1.29, 1.82) is 0 Å². The second-order valence-corrected chi connectivity index (χ2v) is 5.96. The minimum Gasteiger partial charge on any atom is -0.370 e. The van der Waals surface area contributed by atoms with Crippen molar-refractivity contribution < 1.29 is 0 Å². The van der Waals surface area contributed by atoms with Gasteiger partial charge in [-0.3, -0.25) is 0 Å². The van der Waals surface area contributed by atoms with E-state index in [0.717, 1.165) is 5.92 Å². The monoisotopic (exact) mass is 244 g/mol. The molecule has 0 aliphatic carbocycles. The number of hydrogen-bond acceptors (Lipinski definition) is 2. The van der Waals surface area contributed by atoms with Crippen molar-refractivity contribution in [2.75, 3.05) is 24.5 Å². The molecule has 3 rings (SSSR count). The van der Waals surface area contributed by atoms with E-state index in [1.807, 2.05) is 0 Å². The predicted octanol–water partition coefficient (Wildman–Crippen LogP) is 2.83. The molecule has 0 radical (unpaired) electrons. The third-order valence-corrected chi connectivity index (χ3v) is 4.40. The van der Waals surface area contributed by atoms with E-state index in [-0.39, 0.29) is 0 Å². The van der Waals surface area contributed by atoms with Crippen LogP contribution in [0, 0.1) is 5.92 Å². The lowest BCUT2D eigenvalue weighted by Gasteiger charge is -2.37. The van der Waals surface area contributed by atoms with Crippen LogP contribution in [-0.2, 0) is 6.42 Å². The van der Waals surface area contributed by atoms with Gasteiger partial charge in [-0.15, -0.1) is 0 Å². The molecule has 18 heavy (non-hydrogen) atoms. The first-order chi connectivity index (χ1) is 8.83. The molecule has 0 bridgehead atoms. The standard InChI is InChI=1S/C16H24N2/c1-13-8-9-17-15(11-13)12-18-10-4-6-14-5-2-3-7-16(14)18/h2-3,5,7,13,15,17H,4,6,8-12H2,1H3. The van der Waals surface area contributed by atoms with E-state index < -0.39 is 0 Å². The van der Waals surface area contributed by atoms with E-state index in [1.54, 1.807) is 0 Å². The number of rotatable bonds is 2. The summed E-state index contributed by atoms with van der Waals surface area (Å²) in [5, 5.41) is 3.69. The van der Waals surface area contributed by atoms with Gasteiger partial charge in [0.15, 0.2) is 0 Å².